The molecular formula is C15H20N4O. The molecule has 0 atom stereocenters. The normalized spacial score (nSPS) is 14.4. The molecule has 106 valence electrons. The van der Waals surface area contributed by atoms with Gasteiger partial charge in [0.1, 0.15) is 6.54 Å². The number of carbonyl (C=O) groups is 1. The quantitative estimate of drug-likeness (QED) is 0.801. The molecule has 2 N–H and O–H groups in total. The lowest BCUT2D eigenvalue weighted by atomic mass is 10.1. The predicted octanol–water partition coefficient (Wildman–Crippen LogP) is 1.73. The van der Waals surface area contributed by atoms with Crippen LogP contribution in [0.5, 0.6) is 0 Å². The van der Waals surface area contributed by atoms with Gasteiger partial charge in [-0.1, -0.05) is 0 Å². The highest BCUT2D eigenvalue weighted by molar-refractivity contribution is 5.80. The molecule has 1 fully saturated rings. The van der Waals surface area contributed by atoms with Crippen molar-refractivity contribution in [3.05, 3.63) is 24.3 Å². The average molecular weight is 272 g/mol. The van der Waals surface area contributed by atoms with Crippen LogP contribution in [0, 0.1) is 11.3 Å². The average Bonchev–Trinajstić information content (AvgIpc) is 2.52. The van der Waals surface area contributed by atoms with Crippen molar-refractivity contribution in [3.63, 3.8) is 0 Å². The first kappa shape index (κ1) is 14.2. The van der Waals surface area contributed by atoms with E-state index in [0.29, 0.717) is 0 Å². The maximum absolute atomic E-state index is 11.4. The maximum Gasteiger partial charge on any atom is 0.240 e. The molecular weight excluding hydrogens is 252 g/mol. The van der Waals surface area contributed by atoms with Gasteiger partial charge < -0.3 is 15.5 Å². The molecule has 0 bridgehead atoms. The molecule has 0 radical (unpaired) electrons. The third-order valence-corrected chi connectivity index (χ3v) is 3.41. The van der Waals surface area contributed by atoms with Crippen LogP contribution in [0.25, 0.3) is 0 Å². The second kappa shape index (κ2) is 7.39. The molecule has 1 amide bonds. The van der Waals surface area contributed by atoms with Gasteiger partial charge >= 0.3 is 0 Å². The van der Waals surface area contributed by atoms with Crippen molar-refractivity contribution in [2.45, 2.75) is 19.3 Å². The summed E-state index contributed by atoms with van der Waals surface area (Å²) in [6.45, 7) is 2.49. The Bertz CT molecular complexity index is 472. The monoisotopic (exact) mass is 272 g/mol. The molecule has 5 nitrogen and oxygen atoms in total. The molecule has 1 heterocycles. The zero-order chi connectivity index (χ0) is 14.2. The molecule has 1 saturated heterocycles. The van der Waals surface area contributed by atoms with E-state index in [4.69, 9.17) is 5.26 Å². The summed E-state index contributed by atoms with van der Waals surface area (Å²) in [4.78, 5) is 13.8. The standard InChI is InChI=1S/C15H20N4O/c16-8-9-17-15(20)12-18-13-4-6-14(7-5-13)19-10-2-1-3-11-19/h4-7,18H,1-3,9-12H2,(H,17,20). The molecule has 1 aromatic carbocycles. The maximum atomic E-state index is 11.4. The first-order valence-corrected chi connectivity index (χ1v) is 7.02. The van der Waals surface area contributed by atoms with Crippen molar-refractivity contribution >= 4 is 17.3 Å². The Hall–Kier alpha value is -2.22. The van der Waals surface area contributed by atoms with E-state index in [1.165, 1.54) is 24.9 Å². The minimum absolute atomic E-state index is 0.0500. The van der Waals surface area contributed by atoms with Gasteiger partial charge in [0.15, 0.2) is 0 Å². The number of rotatable bonds is 5. The Balaban J connectivity index is 1.82. The number of hydrogen-bond donors (Lipinski definition) is 2. The number of amides is 1. The van der Waals surface area contributed by atoms with Gasteiger partial charge in [0.05, 0.1) is 12.6 Å². The van der Waals surface area contributed by atoms with Crippen molar-refractivity contribution in [1.29, 1.82) is 5.26 Å². The van der Waals surface area contributed by atoms with E-state index in [9.17, 15) is 4.79 Å². The summed E-state index contributed by atoms with van der Waals surface area (Å²) in [5.41, 5.74) is 2.15. The zero-order valence-corrected chi connectivity index (χ0v) is 11.6. The summed E-state index contributed by atoms with van der Waals surface area (Å²) >= 11 is 0. The second-order valence-corrected chi connectivity index (χ2v) is 4.88. The summed E-state index contributed by atoms with van der Waals surface area (Å²) in [5, 5.41) is 13.9. The third kappa shape index (κ3) is 4.16. The number of nitrogens with zero attached hydrogens (tertiary/aromatic N) is 2. The van der Waals surface area contributed by atoms with Crippen LogP contribution in [0.15, 0.2) is 24.3 Å². The summed E-state index contributed by atoms with van der Waals surface area (Å²) in [6.07, 6.45) is 3.85. The molecule has 20 heavy (non-hydrogen) atoms. The highest BCUT2D eigenvalue weighted by Crippen LogP contribution is 2.21. The molecule has 0 aromatic heterocycles. The van der Waals surface area contributed by atoms with E-state index in [2.05, 4.69) is 27.7 Å². The summed E-state index contributed by atoms with van der Waals surface area (Å²) in [6, 6.07) is 10.0. The van der Waals surface area contributed by atoms with Crippen LogP contribution in [0.3, 0.4) is 0 Å². The van der Waals surface area contributed by atoms with Crippen LogP contribution in [-0.4, -0.2) is 32.1 Å². The van der Waals surface area contributed by atoms with E-state index in [0.717, 1.165) is 18.8 Å². The van der Waals surface area contributed by atoms with Crippen LogP contribution in [0.4, 0.5) is 11.4 Å². The Morgan fingerprint density at radius 3 is 2.55 bits per heavy atom. The van der Waals surface area contributed by atoms with E-state index in [1.807, 2.05) is 18.2 Å². The van der Waals surface area contributed by atoms with Crippen LogP contribution < -0.4 is 15.5 Å². The summed E-state index contributed by atoms with van der Waals surface area (Å²) in [5.74, 6) is -0.174. The molecule has 5 heteroatoms. The summed E-state index contributed by atoms with van der Waals surface area (Å²) < 4.78 is 0. The van der Waals surface area contributed by atoms with Crippen molar-refractivity contribution < 1.29 is 4.79 Å². The predicted molar refractivity (Wildman–Crippen MR) is 79.6 cm³/mol. The van der Waals surface area contributed by atoms with Gasteiger partial charge in [-0.3, -0.25) is 4.79 Å². The molecule has 0 saturated carbocycles. The molecule has 0 spiro atoms. The fourth-order valence-electron chi connectivity index (χ4n) is 2.33. The van der Waals surface area contributed by atoms with Crippen molar-refractivity contribution in [1.82, 2.24) is 5.32 Å². The number of piperidine rings is 1. The highest BCUT2D eigenvalue weighted by Gasteiger charge is 2.10. The van der Waals surface area contributed by atoms with Crippen molar-refractivity contribution in [2.24, 2.45) is 0 Å². The number of benzene rings is 1. The van der Waals surface area contributed by atoms with Crippen LogP contribution in [-0.2, 0) is 4.79 Å². The van der Waals surface area contributed by atoms with Gasteiger partial charge in [-0.25, -0.2) is 0 Å². The van der Waals surface area contributed by atoms with Gasteiger partial charge in [-0.2, -0.15) is 5.26 Å². The van der Waals surface area contributed by atoms with Crippen molar-refractivity contribution in [2.75, 3.05) is 36.4 Å². The minimum atomic E-state index is -0.174. The SMILES string of the molecule is N#CCNC(=O)CNc1ccc(N2CCCCC2)cc1. The van der Waals surface area contributed by atoms with Crippen LogP contribution in [0.2, 0.25) is 0 Å². The number of nitriles is 1. The lowest BCUT2D eigenvalue weighted by Crippen LogP contribution is -2.30. The van der Waals surface area contributed by atoms with E-state index in [1.54, 1.807) is 0 Å². The van der Waals surface area contributed by atoms with Gasteiger partial charge in [-0.05, 0) is 43.5 Å². The number of nitrogens with one attached hydrogen (secondary N) is 2. The number of hydrogen-bond acceptors (Lipinski definition) is 4. The Morgan fingerprint density at radius 1 is 1.20 bits per heavy atom. The third-order valence-electron chi connectivity index (χ3n) is 3.41. The van der Waals surface area contributed by atoms with E-state index >= 15 is 0 Å². The van der Waals surface area contributed by atoms with Gasteiger partial charge in [0.2, 0.25) is 5.91 Å². The molecule has 1 aliphatic heterocycles. The van der Waals surface area contributed by atoms with Crippen LogP contribution >= 0.6 is 0 Å². The fraction of sp³-hybridized carbons (Fsp3) is 0.467. The largest absolute Gasteiger partial charge is 0.376 e. The van der Waals surface area contributed by atoms with Gasteiger partial charge in [0.25, 0.3) is 0 Å². The smallest absolute Gasteiger partial charge is 0.240 e. The van der Waals surface area contributed by atoms with Gasteiger partial charge in [0, 0.05) is 24.5 Å². The molecule has 0 aliphatic carbocycles. The number of carbonyl (C=O) groups excluding carboxylic acids is 1. The Morgan fingerprint density at radius 2 is 1.90 bits per heavy atom. The lowest BCUT2D eigenvalue weighted by Gasteiger charge is -2.28. The first-order valence-electron chi connectivity index (χ1n) is 7.02. The first-order chi connectivity index (χ1) is 9.79. The van der Waals surface area contributed by atoms with Gasteiger partial charge in [-0.15, -0.1) is 0 Å². The highest BCUT2D eigenvalue weighted by atomic mass is 16.1. The topological polar surface area (TPSA) is 68.2 Å². The second-order valence-electron chi connectivity index (χ2n) is 4.88. The molecule has 1 aliphatic rings. The van der Waals surface area contributed by atoms with E-state index < -0.39 is 0 Å². The lowest BCUT2D eigenvalue weighted by molar-refractivity contribution is -0.119. The van der Waals surface area contributed by atoms with E-state index in [-0.39, 0.29) is 19.0 Å². The molecule has 0 unspecified atom stereocenters. The molecule has 1 aromatic rings. The zero-order valence-electron chi connectivity index (χ0n) is 11.6. The Kier molecular flexibility index (Phi) is 5.24. The minimum Gasteiger partial charge on any atom is -0.376 e. The summed E-state index contributed by atoms with van der Waals surface area (Å²) in [7, 11) is 0. The van der Waals surface area contributed by atoms with Crippen LogP contribution in [0.1, 0.15) is 19.3 Å². The Labute approximate surface area is 119 Å². The fourth-order valence-corrected chi connectivity index (χ4v) is 2.33. The molecule has 2 rings (SSSR count). The van der Waals surface area contributed by atoms with Crippen molar-refractivity contribution in [3.8, 4) is 6.07 Å². The number of anilines is 2.